The summed E-state index contributed by atoms with van der Waals surface area (Å²) in [7, 11) is 0. The molecule has 0 saturated carbocycles. The summed E-state index contributed by atoms with van der Waals surface area (Å²) in [5.74, 6) is -4.45. The summed E-state index contributed by atoms with van der Waals surface area (Å²) < 4.78 is 46.7. The number of aliphatic hydroxyl groups is 2. The molecule has 5 fully saturated rings. The van der Waals surface area contributed by atoms with Gasteiger partial charge in [0, 0.05) is 0 Å². The fraction of sp³-hybridized carbons (Fsp3) is 1.00. The summed E-state index contributed by atoms with van der Waals surface area (Å²) in [6, 6.07) is 0. The van der Waals surface area contributed by atoms with Gasteiger partial charge in [0.05, 0.1) is 13.2 Å². The fourth-order valence-corrected chi connectivity index (χ4v) is 4.67. The first-order valence-corrected chi connectivity index (χ1v) is 9.68. The lowest BCUT2D eigenvalue weighted by atomic mass is 9.93. The Morgan fingerprint density at radius 3 is 1.36 bits per heavy atom. The highest BCUT2D eigenvalue weighted by atomic mass is 16.8. The van der Waals surface area contributed by atoms with Crippen LogP contribution < -0.4 is 0 Å². The third-order valence-corrected chi connectivity index (χ3v) is 5.99. The molecule has 5 rings (SSSR count). The molecule has 10 heteroatoms. The molecular weight excluding hydrogens is 376 g/mol. The molecular formula is C18H28O10. The summed E-state index contributed by atoms with van der Waals surface area (Å²) in [6.45, 7) is 7.25. The van der Waals surface area contributed by atoms with Gasteiger partial charge in [-0.15, -0.1) is 0 Å². The van der Waals surface area contributed by atoms with Crippen LogP contribution >= 0.6 is 0 Å². The molecule has 0 aliphatic carbocycles. The van der Waals surface area contributed by atoms with E-state index in [2.05, 4.69) is 0 Å². The molecule has 160 valence electrons. The van der Waals surface area contributed by atoms with E-state index in [0.29, 0.717) is 0 Å². The van der Waals surface area contributed by atoms with Crippen molar-refractivity contribution < 1.29 is 48.1 Å². The highest BCUT2D eigenvalue weighted by Crippen LogP contribution is 2.45. The van der Waals surface area contributed by atoms with Crippen LogP contribution in [-0.4, -0.2) is 96.4 Å². The van der Waals surface area contributed by atoms with Crippen molar-refractivity contribution in [1.29, 1.82) is 0 Å². The van der Waals surface area contributed by atoms with Crippen molar-refractivity contribution in [2.45, 2.75) is 87.5 Å². The number of ether oxygens (including phenoxy) is 8. The van der Waals surface area contributed by atoms with Gasteiger partial charge in [0.1, 0.15) is 49.8 Å². The Hall–Kier alpha value is -0.400. The molecule has 8 atom stereocenters. The fourth-order valence-electron chi connectivity index (χ4n) is 4.67. The standard InChI is InChI=1S/C18H28O10/c1-15(2)25-9-5-21-17(13(19)11(9)27-15)7-24-18(8-23-17)14(20)12-10(6-22-18)26-16(3,4)28-12/h9-14,19-20H,5-8H2,1-4H3/t9-,10-,11-,12-,13+,14+,17+,18+/m1/s1. The highest BCUT2D eigenvalue weighted by Gasteiger charge is 2.65. The van der Waals surface area contributed by atoms with Gasteiger partial charge in [0.2, 0.25) is 11.6 Å². The van der Waals surface area contributed by atoms with Gasteiger partial charge >= 0.3 is 0 Å². The molecule has 2 spiro atoms. The zero-order valence-electron chi connectivity index (χ0n) is 16.5. The Morgan fingerprint density at radius 2 is 1.00 bits per heavy atom. The van der Waals surface area contributed by atoms with E-state index in [1.54, 1.807) is 27.7 Å². The number of aliphatic hydroxyl groups excluding tert-OH is 2. The summed E-state index contributed by atoms with van der Waals surface area (Å²) in [5.41, 5.74) is 0. The van der Waals surface area contributed by atoms with Crippen molar-refractivity contribution in [2.24, 2.45) is 0 Å². The van der Waals surface area contributed by atoms with Gasteiger partial charge in [-0.1, -0.05) is 0 Å². The van der Waals surface area contributed by atoms with Crippen LogP contribution in [0.15, 0.2) is 0 Å². The van der Waals surface area contributed by atoms with Crippen LogP contribution in [0.2, 0.25) is 0 Å². The van der Waals surface area contributed by atoms with Crippen molar-refractivity contribution in [3.63, 3.8) is 0 Å². The maximum absolute atomic E-state index is 10.9. The summed E-state index contributed by atoms with van der Waals surface area (Å²) in [6.07, 6.45) is -4.23. The van der Waals surface area contributed by atoms with Crippen molar-refractivity contribution in [2.75, 3.05) is 26.4 Å². The second kappa shape index (κ2) is 6.07. The van der Waals surface area contributed by atoms with Crippen LogP contribution in [0, 0.1) is 0 Å². The van der Waals surface area contributed by atoms with E-state index >= 15 is 0 Å². The normalized spacial score (nSPS) is 54.6. The van der Waals surface area contributed by atoms with Gasteiger partial charge in [-0.25, -0.2) is 0 Å². The Labute approximate surface area is 162 Å². The van der Waals surface area contributed by atoms with Crippen LogP contribution in [0.5, 0.6) is 0 Å². The minimum Gasteiger partial charge on any atom is -0.385 e. The summed E-state index contributed by atoms with van der Waals surface area (Å²) in [4.78, 5) is 0. The topological polar surface area (TPSA) is 114 Å². The molecule has 5 saturated heterocycles. The maximum atomic E-state index is 10.9. The highest BCUT2D eigenvalue weighted by molar-refractivity contribution is 5.04. The van der Waals surface area contributed by atoms with Crippen molar-refractivity contribution in [1.82, 2.24) is 0 Å². The first-order valence-electron chi connectivity index (χ1n) is 9.68. The van der Waals surface area contributed by atoms with Crippen LogP contribution in [0.3, 0.4) is 0 Å². The van der Waals surface area contributed by atoms with Crippen molar-refractivity contribution >= 4 is 0 Å². The van der Waals surface area contributed by atoms with E-state index in [-0.39, 0.29) is 26.4 Å². The minimum atomic E-state index is -1.41. The van der Waals surface area contributed by atoms with Crippen LogP contribution in [0.1, 0.15) is 27.7 Å². The average molecular weight is 404 g/mol. The van der Waals surface area contributed by atoms with Gasteiger partial charge in [0.25, 0.3) is 0 Å². The third-order valence-electron chi connectivity index (χ3n) is 5.99. The Kier molecular flexibility index (Phi) is 4.24. The average Bonchev–Trinajstić information content (AvgIpc) is 3.12. The lowest BCUT2D eigenvalue weighted by Gasteiger charge is -2.53. The molecule has 5 aliphatic heterocycles. The number of hydrogen-bond acceptors (Lipinski definition) is 10. The molecule has 2 N–H and O–H groups in total. The largest absolute Gasteiger partial charge is 0.385 e. The molecule has 0 radical (unpaired) electrons. The number of hydrogen-bond donors (Lipinski definition) is 2. The quantitative estimate of drug-likeness (QED) is 0.534. The minimum absolute atomic E-state index is 0.139. The zero-order chi connectivity index (χ0) is 19.9. The Morgan fingerprint density at radius 1 is 0.607 bits per heavy atom. The van der Waals surface area contributed by atoms with Gasteiger partial charge in [0.15, 0.2) is 11.6 Å². The third kappa shape index (κ3) is 2.86. The Bertz CT molecular complexity index is 574. The van der Waals surface area contributed by atoms with Gasteiger partial charge in [-0.3, -0.25) is 0 Å². The molecule has 0 unspecified atom stereocenters. The second-order valence-electron chi connectivity index (χ2n) is 8.99. The lowest BCUT2D eigenvalue weighted by Crippen LogP contribution is -2.72. The monoisotopic (exact) mass is 404 g/mol. The van der Waals surface area contributed by atoms with E-state index in [1.807, 2.05) is 0 Å². The molecule has 0 aromatic carbocycles. The lowest BCUT2D eigenvalue weighted by molar-refractivity contribution is -0.444. The van der Waals surface area contributed by atoms with E-state index in [9.17, 15) is 10.2 Å². The predicted molar refractivity (Wildman–Crippen MR) is 88.9 cm³/mol. The van der Waals surface area contributed by atoms with E-state index in [4.69, 9.17) is 37.9 Å². The molecule has 28 heavy (non-hydrogen) atoms. The molecule has 0 bridgehead atoms. The smallest absolute Gasteiger partial charge is 0.221 e. The molecule has 0 amide bonds. The van der Waals surface area contributed by atoms with Gasteiger partial charge in [-0.2, -0.15) is 0 Å². The summed E-state index contributed by atoms with van der Waals surface area (Å²) >= 11 is 0. The van der Waals surface area contributed by atoms with E-state index < -0.39 is 59.8 Å². The first kappa shape index (κ1) is 19.6. The molecule has 0 aromatic heterocycles. The van der Waals surface area contributed by atoms with Crippen molar-refractivity contribution in [3.05, 3.63) is 0 Å². The zero-order valence-corrected chi connectivity index (χ0v) is 16.5. The van der Waals surface area contributed by atoms with Gasteiger partial charge in [-0.05, 0) is 27.7 Å². The van der Waals surface area contributed by atoms with Gasteiger partial charge < -0.3 is 48.1 Å². The molecule has 5 aliphatic rings. The van der Waals surface area contributed by atoms with Crippen LogP contribution in [0.25, 0.3) is 0 Å². The molecule has 0 aromatic rings. The SMILES string of the molecule is CC1(C)O[C@@H]2[C@@H](CO[C@]3(CO[C@]4(CO3)OC[C@H]3OC(C)(C)O[C@H]3[C@@H]4O)[C@H]2O)O1. The van der Waals surface area contributed by atoms with Crippen molar-refractivity contribution in [3.8, 4) is 0 Å². The predicted octanol–water partition coefficient (Wildman–Crippen LogP) is -0.752. The maximum Gasteiger partial charge on any atom is 0.221 e. The Balaban J connectivity index is 1.30. The van der Waals surface area contributed by atoms with E-state index in [1.165, 1.54) is 0 Å². The van der Waals surface area contributed by atoms with E-state index in [0.717, 1.165) is 0 Å². The first-order chi connectivity index (χ1) is 13.1. The van der Waals surface area contributed by atoms with Crippen LogP contribution in [0.4, 0.5) is 0 Å². The summed E-state index contributed by atoms with van der Waals surface area (Å²) in [5, 5.41) is 21.8. The second-order valence-corrected chi connectivity index (χ2v) is 8.99. The molecule has 5 heterocycles. The van der Waals surface area contributed by atoms with Crippen LogP contribution in [-0.2, 0) is 37.9 Å². The number of rotatable bonds is 0. The molecule has 10 nitrogen and oxygen atoms in total. The number of fused-ring (bicyclic) bond motifs is 2.